The number of benzene rings is 1. The smallest absolute Gasteiger partial charge is 0.161 e. The summed E-state index contributed by atoms with van der Waals surface area (Å²) in [6.45, 7) is 8.36. The Labute approximate surface area is 97.6 Å². The molecule has 2 heteroatoms. The molecular formula is C14H20O2. The third-order valence-electron chi connectivity index (χ3n) is 2.51. The molecule has 1 N–H and O–H groups in total. The van der Waals surface area contributed by atoms with Gasteiger partial charge in [0.1, 0.15) is 0 Å². The number of allylic oxidation sites excluding steroid dienone is 1. The van der Waals surface area contributed by atoms with E-state index in [9.17, 15) is 5.11 Å². The summed E-state index contributed by atoms with van der Waals surface area (Å²) >= 11 is 0. The number of rotatable bonds is 2. The first kappa shape index (κ1) is 12.6. The summed E-state index contributed by atoms with van der Waals surface area (Å²) in [5.41, 5.74) is 2.20. The van der Waals surface area contributed by atoms with E-state index in [4.69, 9.17) is 4.74 Å². The van der Waals surface area contributed by atoms with Gasteiger partial charge < -0.3 is 9.84 Å². The minimum atomic E-state index is -0.00139. The van der Waals surface area contributed by atoms with E-state index in [1.54, 1.807) is 13.2 Å². The summed E-state index contributed by atoms with van der Waals surface area (Å²) in [6, 6.07) is 3.66. The molecule has 0 aliphatic heterocycles. The lowest BCUT2D eigenvalue weighted by Gasteiger charge is -2.22. The zero-order chi connectivity index (χ0) is 12.3. The lowest BCUT2D eigenvalue weighted by Crippen LogP contribution is -2.13. The second kappa shape index (κ2) is 4.60. The maximum Gasteiger partial charge on any atom is 0.161 e. The number of phenolic OH excluding ortho intramolecular Hbond substituents is 1. The van der Waals surface area contributed by atoms with Crippen molar-refractivity contribution in [2.45, 2.75) is 33.1 Å². The van der Waals surface area contributed by atoms with Crippen LogP contribution in [0.5, 0.6) is 11.5 Å². The standard InChI is InChI=1S/C14H20O2/c1-6-7-10-8-13(16-5)12(15)9-11(10)14(2,3)4/h6-9,15H,1-5H3/b7-6+. The molecule has 0 radical (unpaired) electrons. The molecule has 1 rings (SSSR count). The van der Waals surface area contributed by atoms with Crippen LogP contribution in [0, 0.1) is 0 Å². The molecule has 0 aromatic heterocycles. The molecule has 0 unspecified atom stereocenters. The molecule has 0 heterocycles. The fourth-order valence-corrected chi connectivity index (χ4v) is 1.71. The minimum absolute atomic E-state index is 0.00139. The SMILES string of the molecule is C/C=C/c1cc(OC)c(O)cc1C(C)(C)C. The van der Waals surface area contributed by atoms with E-state index in [-0.39, 0.29) is 11.2 Å². The molecule has 0 saturated carbocycles. The van der Waals surface area contributed by atoms with Crippen molar-refractivity contribution in [1.29, 1.82) is 0 Å². The number of hydrogen-bond acceptors (Lipinski definition) is 2. The molecule has 0 aliphatic rings. The van der Waals surface area contributed by atoms with Crippen molar-refractivity contribution < 1.29 is 9.84 Å². The van der Waals surface area contributed by atoms with Crippen LogP contribution in [-0.2, 0) is 5.41 Å². The molecule has 16 heavy (non-hydrogen) atoms. The molecule has 0 bridgehead atoms. The van der Waals surface area contributed by atoms with Gasteiger partial charge in [-0.1, -0.05) is 32.9 Å². The van der Waals surface area contributed by atoms with Gasteiger partial charge in [-0.2, -0.15) is 0 Å². The molecular weight excluding hydrogens is 200 g/mol. The second-order valence-electron chi connectivity index (χ2n) is 4.86. The quantitative estimate of drug-likeness (QED) is 0.822. The van der Waals surface area contributed by atoms with Crippen LogP contribution in [0.2, 0.25) is 0 Å². The van der Waals surface area contributed by atoms with Crippen molar-refractivity contribution >= 4 is 6.08 Å². The lowest BCUT2D eigenvalue weighted by atomic mass is 9.83. The van der Waals surface area contributed by atoms with Gasteiger partial charge in [0.25, 0.3) is 0 Å². The summed E-state index contributed by atoms with van der Waals surface area (Å²) in [5.74, 6) is 0.710. The van der Waals surface area contributed by atoms with E-state index in [1.807, 2.05) is 25.1 Å². The Hall–Kier alpha value is -1.44. The second-order valence-corrected chi connectivity index (χ2v) is 4.86. The summed E-state index contributed by atoms with van der Waals surface area (Å²) in [4.78, 5) is 0. The van der Waals surface area contributed by atoms with Crippen LogP contribution in [0.15, 0.2) is 18.2 Å². The van der Waals surface area contributed by atoms with E-state index in [0.29, 0.717) is 5.75 Å². The number of methoxy groups -OCH3 is 1. The fraction of sp³-hybridized carbons (Fsp3) is 0.429. The zero-order valence-corrected chi connectivity index (χ0v) is 10.7. The Balaban J connectivity index is 3.42. The van der Waals surface area contributed by atoms with E-state index < -0.39 is 0 Å². The highest BCUT2D eigenvalue weighted by Crippen LogP contribution is 2.36. The highest BCUT2D eigenvalue weighted by atomic mass is 16.5. The van der Waals surface area contributed by atoms with Gasteiger partial charge in [-0.05, 0) is 35.6 Å². The molecule has 0 amide bonds. The monoisotopic (exact) mass is 220 g/mol. The van der Waals surface area contributed by atoms with Gasteiger partial charge in [0.15, 0.2) is 11.5 Å². The number of aromatic hydroxyl groups is 1. The zero-order valence-electron chi connectivity index (χ0n) is 10.7. The van der Waals surface area contributed by atoms with Crippen molar-refractivity contribution in [2.75, 3.05) is 7.11 Å². The fourth-order valence-electron chi connectivity index (χ4n) is 1.71. The summed E-state index contributed by atoms with van der Waals surface area (Å²) in [7, 11) is 1.56. The van der Waals surface area contributed by atoms with Gasteiger partial charge in [-0.3, -0.25) is 0 Å². The molecule has 0 aliphatic carbocycles. The van der Waals surface area contributed by atoms with Crippen LogP contribution in [-0.4, -0.2) is 12.2 Å². The van der Waals surface area contributed by atoms with Gasteiger partial charge in [-0.15, -0.1) is 0 Å². The third kappa shape index (κ3) is 2.57. The molecule has 0 atom stereocenters. The largest absolute Gasteiger partial charge is 0.504 e. The lowest BCUT2D eigenvalue weighted by molar-refractivity contribution is 0.372. The van der Waals surface area contributed by atoms with Crippen molar-refractivity contribution in [2.24, 2.45) is 0 Å². The van der Waals surface area contributed by atoms with E-state index >= 15 is 0 Å². The average molecular weight is 220 g/mol. The van der Waals surface area contributed by atoms with E-state index in [1.165, 1.54) is 0 Å². The molecule has 2 nitrogen and oxygen atoms in total. The minimum Gasteiger partial charge on any atom is -0.504 e. The van der Waals surface area contributed by atoms with Crippen LogP contribution >= 0.6 is 0 Å². The highest BCUT2D eigenvalue weighted by molar-refractivity contribution is 5.61. The Kier molecular flexibility index (Phi) is 3.63. The highest BCUT2D eigenvalue weighted by Gasteiger charge is 2.19. The Morgan fingerprint density at radius 3 is 2.31 bits per heavy atom. The van der Waals surface area contributed by atoms with E-state index in [2.05, 4.69) is 20.8 Å². The molecule has 1 aromatic rings. The molecule has 0 fully saturated rings. The van der Waals surface area contributed by atoms with Crippen LogP contribution in [0.4, 0.5) is 0 Å². The predicted octanol–water partition coefficient (Wildman–Crippen LogP) is 3.73. The predicted molar refractivity (Wildman–Crippen MR) is 68.1 cm³/mol. The number of ether oxygens (including phenoxy) is 1. The summed E-state index contributed by atoms with van der Waals surface area (Å²) in [5, 5.41) is 9.80. The van der Waals surface area contributed by atoms with Crippen LogP contribution in [0.25, 0.3) is 6.08 Å². The van der Waals surface area contributed by atoms with Crippen molar-refractivity contribution in [3.05, 3.63) is 29.3 Å². The van der Waals surface area contributed by atoms with Gasteiger partial charge in [-0.25, -0.2) is 0 Å². The van der Waals surface area contributed by atoms with E-state index in [0.717, 1.165) is 11.1 Å². The van der Waals surface area contributed by atoms with Crippen LogP contribution in [0.3, 0.4) is 0 Å². The first-order chi connectivity index (χ1) is 7.40. The molecule has 0 saturated heterocycles. The first-order valence-electron chi connectivity index (χ1n) is 5.44. The van der Waals surface area contributed by atoms with Gasteiger partial charge in [0, 0.05) is 0 Å². The normalized spacial score (nSPS) is 12.1. The topological polar surface area (TPSA) is 29.5 Å². The van der Waals surface area contributed by atoms with Crippen molar-refractivity contribution in [3.8, 4) is 11.5 Å². The van der Waals surface area contributed by atoms with Gasteiger partial charge in [0.05, 0.1) is 7.11 Å². The molecule has 0 spiro atoms. The van der Waals surface area contributed by atoms with Crippen molar-refractivity contribution in [1.82, 2.24) is 0 Å². The summed E-state index contributed by atoms with van der Waals surface area (Å²) in [6.07, 6.45) is 4.02. The van der Waals surface area contributed by atoms with Gasteiger partial charge >= 0.3 is 0 Å². The first-order valence-corrected chi connectivity index (χ1v) is 5.44. The third-order valence-corrected chi connectivity index (χ3v) is 2.51. The summed E-state index contributed by atoms with van der Waals surface area (Å²) < 4.78 is 5.12. The molecule has 1 aromatic carbocycles. The number of hydrogen-bond donors (Lipinski definition) is 1. The number of phenols is 1. The Morgan fingerprint density at radius 2 is 1.88 bits per heavy atom. The maximum atomic E-state index is 9.80. The Bertz CT molecular complexity index is 398. The van der Waals surface area contributed by atoms with Gasteiger partial charge in [0.2, 0.25) is 0 Å². The Morgan fingerprint density at radius 1 is 1.25 bits per heavy atom. The molecule has 88 valence electrons. The van der Waals surface area contributed by atoms with Crippen molar-refractivity contribution in [3.63, 3.8) is 0 Å². The van der Waals surface area contributed by atoms with Crippen LogP contribution < -0.4 is 4.74 Å². The average Bonchev–Trinajstić information content (AvgIpc) is 2.19. The maximum absolute atomic E-state index is 9.80. The van der Waals surface area contributed by atoms with Crippen LogP contribution in [0.1, 0.15) is 38.8 Å².